The van der Waals surface area contributed by atoms with Gasteiger partial charge in [-0.05, 0) is 37.6 Å². The number of nitrogens with zero attached hydrogens (tertiary/aromatic N) is 6. The lowest BCUT2D eigenvalue weighted by Gasteiger charge is -2.19. The summed E-state index contributed by atoms with van der Waals surface area (Å²) in [7, 11) is 3.34. The van der Waals surface area contributed by atoms with Crippen molar-refractivity contribution in [3.8, 4) is 11.4 Å². The number of aliphatic imine (C=N–C) groups is 2. The number of rotatable bonds is 6. The molecule has 3 aromatic carbocycles. The maximum Gasteiger partial charge on any atom is 0.273 e. The third-order valence-corrected chi connectivity index (χ3v) is 6.56. The van der Waals surface area contributed by atoms with E-state index in [4.69, 9.17) is 15.6 Å². The summed E-state index contributed by atoms with van der Waals surface area (Å²) in [5.41, 5.74) is 7.05. The molecule has 2 N–H and O–H groups in total. The van der Waals surface area contributed by atoms with Crippen LogP contribution < -0.4 is 15.5 Å². The monoisotopic (exact) mass is 519 g/mol. The van der Waals surface area contributed by atoms with E-state index in [-0.39, 0.29) is 5.91 Å². The van der Waals surface area contributed by atoms with Gasteiger partial charge in [0.25, 0.3) is 5.91 Å². The molecular weight excluding hydrogens is 490 g/mol. The highest BCUT2D eigenvalue weighted by Crippen LogP contribution is 2.29. The van der Waals surface area contributed by atoms with Crippen LogP contribution in [0.25, 0.3) is 5.69 Å². The lowest BCUT2D eigenvalue weighted by Crippen LogP contribution is -2.34. The molecule has 1 aromatic heterocycles. The fraction of sp³-hybridized carbons (Fsp3) is 0.167. The Morgan fingerprint density at radius 2 is 1.85 bits per heavy atom. The molecule has 1 amide bonds. The zero-order valence-electron chi connectivity index (χ0n) is 22.2. The quantitative estimate of drug-likeness (QED) is 0.235. The number of ether oxygens (including phenoxy) is 1. The summed E-state index contributed by atoms with van der Waals surface area (Å²) in [6.07, 6.45) is 4.10. The Bertz CT molecular complexity index is 1620. The van der Waals surface area contributed by atoms with E-state index in [1.54, 1.807) is 25.4 Å². The predicted molar refractivity (Wildman–Crippen MR) is 155 cm³/mol. The van der Waals surface area contributed by atoms with Gasteiger partial charge in [-0.2, -0.15) is 5.10 Å². The van der Waals surface area contributed by atoms with E-state index in [1.165, 1.54) is 6.21 Å². The molecule has 0 aliphatic carbocycles. The van der Waals surface area contributed by atoms with Crippen LogP contribution in [-0.2, 0) is 4.79 Å². The number of fused-ring (bicyclic) bond motifs is 1. The number of hydrogen-bond acceptors (Lipinski definition) is 7. The maximum absolute atomic E-state index is 13.5. The third-order valence-electron chi connectivity index (χ3n) is 6.56. The Morgan fingerprint density at radius 1 is 1.05 bits per heavy atom. The lowest BCUT2D eigenvalue weighted by atomic mass is 9.99. The Balaban J connectivity index is 1.53. The fourth-order valence-corrected chi connectivity index (χ4v) is 4.51. The van der Waals surface area contributed by atoms with Crippen molar-refractivity contribution in [1.29, 1.82) is 0 Å². The van der Waals surface area contributed by atoms with Crippen LogP contribution in [0.4, 0.5) is 5.69 Å². The zero-order chi connectivity index (χ0) is 27.5. The molecule has 9 heteroatoms. The maximum atomic E-state index is 13.5. The molecule has 0 spiro atoms. The first-order valence-electron chi connectivity index (χ1n) is 12.4. The molecule has 1 aliphatic heterocycles. The van der Waals surface area contributed by atoms with Gasteiger partial charge >= 0.3 is 0 Å². The van der Waals surface area contributed by atoms with Gasteiger partial charge in [0.15, 0.2) is 0 Å². The second kappa shape index (κ2) is 10.7. The topological polar surface area (TPSA) is 110 Å². The summed E-state index contributed by atoms with van der Waals surface area (Å²) in [6.45, 7) is 3.92. The van der Waals surface area contributed by atoms with Crippen molar-refractivity contribution < 1.29 is 9.53 Å². The largest absolute Gasteiger partial charge is 0.495 e. The minimum atomic E-state index is -1.02. The SMILES string of the molecule is COc1cc(C(C=NC2N=C(c3ccccc3)c3ccc(C)cc3N(C)C2=O)=NN)ccc1-n1cnc(C)c1. The Labute approximate surface area is 227 Å². The van der Waals surface area contributed by atoms with Gasteiger partial charge in [0.2, 0.25) is 6.17 Å². The minimum absolute atomic E-state index is 0.260. The lowest BCUT2D eigenvalue weighted by molar-refractivity contribution is -0.119. The summed E-state index contributed by atoms with van der Waals surface area (Å²) >= 11 is 0. The number of imidazole rings is 1. The van der Waals surface area contributed by atoms with E-state index in [2.05, 4.69) is 15.1 Å². The van der Waals surface area contributed by atoms with Crippen LogP contribution in [-0.4, -0.2) is 53.4 Å². The van der Waals surface area contributed by atoms with Crippen LogP contribution in [0, 0.1) is 13.8 Å². The van der Waals surface area contributed by atoms with Crippen LogP contribution >= 0.6 is 0 Å². The number of benzodiazepines with no additional fused rings is 1. The van der Waals surface area contributed by atoms with E-state index < -0.39 is 6.17 Å². The van der Waals surface area contributed by atoms with Crippen molar-refractivity contribution in [1.82, 2.24) is 9.55 Å². The molecule has 1 unspecified atom stereocenters. The van der Waals surface area contributed by atoms with Crippen molar-refractivity contribution >= 4 is 29.2 Å². The minimum Gasteiger partial charge on any atom is -0.495 e. The van der Waals surface area contributed by atoms with E-state index in [0.29, 0.717) is 22.7 Å². The Hall–Kier alpha value is -5.05. The summed E-state index contributed by atoms with van der Waals surface area (Å²) < 4.78 is 7.50. The van der Waals surface area contributed by atoms with Gasteiger partial charge in [-0.15, -0.1) is 0 Å². The number of benzene rings is 3. The summed E-state index contributed by atoms with van der Waals surface area (Å²) in [6, 6.07) is 21.4. The van der Waals surface area contributed by atoms with Crippen molar-refractivity contribution in [3.63, 3.8) is 0 Å². The average Bonchev–Trinajstić information content (AvgIpc) is 3.36. The van der Waals surface area contributed by atoms with Crippen LogP contribution in [0.2, 0.25) is 0 Å². The van der Waals surface area contributed by atoms with E-state index in [0.717, 1.165) is 33.8 Å². The molecule has 2 heterocycles. The molecule has 4 aromatic rings. The number of carbonyl (C=O) groups excluding carboxylic acids is 1. The Morgan fingerprint density at radius 3 is 2.54 bits per heavy atom. The molecule has 196 valence electrons. The zero-order valence-corrected chi connectivity index (χ0v) is 22.2. The molecule has 39 heavy (non-hydrogen) atoms. The summed E-state index contributed by atoms with van der Waals surface area (Å²) in [4.78, 5) is 28.8. The van der Waals surface area contributed by atoms with Gasteiger partial charge < -0.3 is 20.0 Å². The second-order valence-corrected chi connectivity index (χ2v) is 9.24. The summed E-state index contributed by atoms with van der Waals surface area (Å²) in [5.74, 6) is 6.12. The fourth-order valence-electron chi connectivity index (χ4n) is 4.51. The van der Waals surface area contributed by atoms with Gasteiger partial charge in [0, 0.05) is 29.9 Å². The van der Waals surface area contributed by atoms with Crippen molar-refractivity contribution in [2.45, 2.75) is 20.0 Å². The normalized spacial score (nSPS) is 15.7. The number of hydrazone groups is 1. The average molecular weight is 520 g/mol. The molecule has 0 saturated carbocycles. The number of amides is 1. The van der Waals surface area contributed by atoms with E-state index in [1.807, 2.05) is 91.3 Å². The number of nitrogens with two attached hydrogens (primary N) is 1. The first-order chi connectivity index (χ1) is 18.9. The molecule has 0 saturated heterocycles. The summed E-state index contributed by atoms with van der Waals surface area (Å²) in [5, 5.41) is 3.94. The van der Waals surface area contributed by atoms with Crippen molar-refractivity contribution in [2.75, 3.05) is 19.1 Å². The number of aryl methyl sites for hydroxylation is 2. The first kappa shape index (κ1) is 25.6. The number of anilines is 1. The van der Waals surface area contributed by atoms with Crippen LogP contribution in [0.3, 0.4) is 0 Å². The molecule has 0 radical (unpaired) electrons. The van der Waals surface area contributed by atoms with Crippen molar-refractivity contribution in [2.24, 2.45) is 20.9 Å². The standard InChI is InChI=1S/C30H29N7O2/c1-19-10-12-23-26(14-19)36(3)30(38)29(34-28(23)21-8-6-5-7-9-21)32-16-24(35-31)22-11-13-25(27(15-22)39-4)37-17-20(2)33-18-37/h5-18,29H,31H2,1-4H3. The molecule has 0 bridgehead atoms. The molecule has 5 rings (SSSR count). The van der Waals surface area contributed by atoms with E-state index >= 15 is 0 Å². The van der Waals surface area contributed by atoms with Crippen LogP contribution in [0.1, 0.15) is 27.9 Å². The molecule has 0 fully saturated rings. The van der Waals surface area contributed by atoms with Gasteiger partial charge in [-0.1, -0.05) is 48.5 Å². The van der Waals surface area contributed by atoms with Crippen LogP contribution in [0.15, 0.2) is 94.3 Å². The smallest absolute Gasteiger partial charge is 0.273 e. The molecule has 9 nitrogen and oxygen atoms in total. The predicted octanol–water partition coefficient (Wildman–Crippen LogP) is 4.07. The van der Waals surface area contributed by atoms with Gasteiger partial charge in [0.1, 0.15) is 11.5 Å². The number of methoxy groups -OCH3 is 1. The van der Waals surface area contributed by atoms with E-state index in [9.17, 15) is 4.79 Å². The molecular formula is C30H29N7O2. The number of aromatic nitrogens is 2. The number of carbonyl (C=O) groups is 1. The highest BCUT2D eigenvalue weighted by atomic mass is 16.5. The highest BCUT2D eigenvalue weighted by molar-refractivity contribution is 6.38. The number of likely N-dealkylation sites (N-methyl/N-ethyl adjacent to an activating group) is 1. The Kier molecular flexibility index (Phi) is 7.05. The molecule has 1 aliphatic rings. The van der Waals surface area contributed by atoms with Gasteiger partial charge in [-0.25, -0.2) is 9.98 Å². The van der Waals surface area contributed by atoms with Crippen LogP contribution in [0.5, 0.6) is 5.75 Å². The van der Waals surface area contributed by atoms with Crippen molar-refractivity contribution in [3.05, 3.63) is 107 Å². The first-order valence-corrected chi connectivity index (χ1v) is 12.4. The van der Waals surface area contributed by atoms with Gasteiger partial charge in [-0.3, -0.25) is 9.79 Å². The second-order valence-electron chi connectivity index (χ2n) is 9.24. The molecule has 1 atom stereocenters. The highest BCUT2D eigenvalue weighted by Gasteiger charge is 2.29. The van der Waals surface area contributed by atoms with Gasteiger partial charge in [0.05, 0.1) is 42.4 Å². The third kappa shape index (κ3) is 5.06. The number of hydrogen-bond donors (Lipinski definition) is 1.